The lowest BCUT2D eigenvalue weighted by molar-refractivity contribution is -0.116. The molecule has 0 aliphatic rings. The first-order valence-electron chi connectivity index (χ1n) is 10.0. The number of rotatable bonds is 5. The molecule has 5 aromatic rings. The number of nitrogens with one attached hydrogen (secondary N) is 1. The first-order valence-corrected chi connectivity index (χ1v) is 10.9. The van der Waals surface area contributed by atoms with Gasteiger partial charge in [-0.2, -0.15) is 0 Å². The number of hydrogen-bond donors (Lipinski definition) is 1. The number of fused-ring (bicyclic) bond motifs is 3. The SMILES string of the molecule is Cc1cccc(NC(=O)Cn2c(=O)n(Cc3ccco3)c(=O)c3sc4ccccc4c32)c1. The second-order valence-electron chi connectivity index (χ2n) is 7.53. The highest BCUT2D eigenvalue weighted by Gasteiger charge is 2.20. The van der Waals surface area contributed by atoms with Crippen molar-refractivity contribution in [2.45, 2.75) is 20.0 Å². The Morgan fingerprint density at radius 3 is 2.66 bits per heavy atom. The topological polar surface area (TPSA) is 86.2 Å². The Morgan fingerprint density at radius 2 is 1.88 bits per heavy atom. The fourth-order valence-corrected chi connectivity index (χ4v) is 4.96. The summed E-state index contributed by atoms with van der Waals surface area (Å²) in [7, 11) is 0. The smallest absolute Gasteiger partial charge is 0.332 e. The van der Waals surface area contributed by atoms with E-state index in [1.54, 1.807) is 18.2 Å². The van der Waals surface area contributed by atoms with Crippen molar-refractivity contribution >= 4 is 43.2 Å². The van der Waals surface area contributed by atoms with Crippen LogP contribution in [0.25, 0.3) is 20.3 Å². The number of benzene rings is 2. The highest BCUT2D eigenvalue weighted by molar-refractivity contribution is 7.25. The van der Waals surface area contributed by atoms with Gasteiger partial charge in [0, 0.05) is 15.8 Å². The lowest BCUT2D eigenvalue weighted by Gasteiger charge is -2.12. The molecule has 0 saturated carbocycles. The van der Waals surface area contributed by atoms with E-state index in [1.165, 1.54) is 22.2 Å². The van der Waals surface area contributed by atoms with Crippen LogP contribution in [0.2, 0.25) is 0 Å². The third kappa shape index (κ3) is 3.54. The molecule has 0 spiro atoms. The largest absolute Gasteiger partial charge is 0.467 e. The summed E-state index contributed by atoms with van der Waals surface area (Å²) >= 11 is 1.32. The molecule has 7 nitrogen and oxygen atoms in total. The first kappa shape index (κ1) is 20.0. The van der Waals surface area contributed by atoms with E-state index in [0.29, 0.717) is 21.7 Å². The van der Waals surface area contributed by atoms with Gasteiger partial charge in [-0.3, -0.25) is 18.7 Å². The second kappa shape index (κ2) is 7.97. The van der Waals surface area contributed by atoms with E-state index in [2.05, 4.69) is 5.32 Å². The van der Waals surface area contributed by atoms with E-state index in [0.717, 1.165) is 20.2 Å². The Kier molecular flexibility index (Phi) is 4.99. The Balaban J connectivity index is 1.66. The van der Waals surface area contributed by atoms with Gasteiger partial charge in [-0.05, 0) is 42.8 Å². The highest BCUT2D eigenvalue weighted by Crippen LogP contribution is 2.30. The molecule has 3 aromatic heterocycles. The van der Waals surface area contributed by atoms with Crippen molar-refractivity contribution in [2.75, 3.05) is 5.32 Å². The fraction of sp³-hybridized carbons (Fsp3) is 0.125. The monoisotopic (exact) mass is 445 g/mol. The van der Waals surface area contributed by atoms with E-state index >= 15 is 0 Å². The van der Waals surface area contributed by atoms with Crippen LogP contribution in [0.4, 0.5) is 5.69 Å². The molecule has 0 saturated heterocycles. The molecule has 1 amide bonds. The summed E-state index contributed by atoms with van der Waals surface area (Å²) in [5, 5.41) is 3.62. The van der Waals surface area contributed by atoms with Gasteiger partial charge >= 0.3 is 5.69 Å². The number of carbonyl (C=O) groups is 1. The minimum atomic E-state index is -0.554. The van der Waals surface area contributed by atoms with Crippen LogP contribution in [0.3, 0.4) is 0 Å². The molecule has 0 fully saturated rings. The van der Waals surface area contributed by atoms with Gasteiger partial charge in [0.25, 0.3) is 5.56 Å². The molecule has 2 aromatic carbocycles. The molecule has 8 heteroatoms. The van der Waals surface area contributed by atoms with E-state index in [9.17, 15) is 14.4 Å². The number of nitrogens with zero attached hydrogens (tertiary/aromatic N) is 2. The summed E-state index contributed by atoms with van der Waals surface area (Å²) in [4.78, 5) is 39.5. The minimum absolute atomic E-state index is 0.00560. The molecular formula is C24H19N3O4S. The molecule has 0 unspecified atom stereocenters. The Labute approximate surface area is 186 Å². The average Bonchev–Trinajstić information content (AvgIpc) is 3.42. The lowest BCUT2D eigenvalue weighted by Crippen LogP contribution is -2.41. The number of furan rings is 1. The standard InChI is InChI=1S/C24H19N3O4S/c1-15-6-4-7-16(12-15)25-20(28)14-26-21-18-9-2-3-10-19(18)32-22(21)23(29)27(24(26)30)13-17-8-5-11-31-17/h2-12H,13-14H2,1H3,(H,25,28). The van der Waals surface area contributed by atoms with Crippen LogP contribution in [0.15, 0.2) is 80.9 Å². The molecule has 0 aliphatic heterocycles. The van der Waals surface area contributed by atoms with Crippen molar-refractivity contribution in [1.82, 2.24) is 9.13 Å². The Bertz CT molecular complexity index is 1570. The second-order valence-corrected chi connectivity index (χ2v) is 8.59. The molecular weight excluding hydrogens is 426 g/mol. The number of aromatic nitrogens is 2. The summed E-state index contributed by atoms with van der Waals surface area (Å²) in [6.45, 7) is 1.71. The van der Waals surface area contributed by atoms with Gasteiger partial charge in [0.2, 0.25) is 5.91 Å². The van der Waals surface area contributed by atoms with Gasteiger partial charge in [-0.25, -0.2) is 4.79 Å². The predicted octanol–water partition coefficient (Wildman–Crippen LogP) is 3.97. The normalized spacial score (nSPS) is 11.3. The molecule has 0 radical (unpaired) electrons. The van der Waals surface area contributed by atoms with E-state index in [4.69, 9.17) is 4.42 Å². The summed E-state index contributed by atoms with van der Waals surface area (Å²) in [6, 6.07) is 18.3. The summed E-state index contributed by atoms with van der Waals surface area (Å²) < 4.78 is 9.15. The van der Waals surface area contributed by atoms with Gasteiger partial charge in [0.15, 0.2) is 0 Å². The molecule has 5 rings (SSSR count). The average molecular weight is 446 g/mol. The van der Waals surface area contributed by atoms with Crippen LogP contribution in [-0.2, 0) is 17.9 Å². The maximum atomic E-state index is 13.4. The molecule has 3 heterocycles. The number of amides is 1. The van der Waals surface area contributed by atoms with Gasteiger partial charge in [-0.15, -0.1) is 11.3 Å². The van der Waals surface area contributed by atoms with Gasteiger partial charge < -0.3 is 9.73 Å². The maximum absolute atomic E-state index is 13.4. The predicted molar refractivity (Wildman–Crippen MR) is 125 cm³/mol. The zero-order valence-corrected chi connectivity index (χ0v) is 18.0. The molecule has 0 atom stereocenters. The van der Waals surface area contributed by atoms with Crippen molar-refractivity contribution < 1.29 is 9.21 Å². The van der Waals surface area contributed by atoms with Crippen LogP contribution in [0.1, 0.15) is 11.3 Å². The Morgan fingerprint density at radius 1 is 1.03 bits per heavy atom. The lowest BCUT2D eigenvalue weighted by atomic mass is 10.2. The molecule has 1 N–H and O–H groups in total. The Hall–Kier alpha value is -3.91. The zero-order chi connectivity index (χ0) is 22.2. The van der Waals surface area contributed by atoms with Crippen LogP contribution < -0.4 is 16.6 Å². The van der Waals surface area contributed by atoms with Crippen LogP contribution in [0, 0.1) is 6.92 Å². The van der Waals surface area contributed by atoms with E-state index in [1.807, 2.05) is 49.4 Å². The van der Waals surface area contributed by atoms with Crippen molar-refractivity contribution in [3.05, 3.63) is 99.1 Å². The molecule has 0 aliphatic carbocycles. The van der Waals surface area contributed by atoms with Crippen LogP contribution in [-0.4, -0.2) is 15.0 Å². The zero-order valence-electron chi connectivity index (χ0n) is 17.2. The molecule has 160 valence electrons. The van der Waals surface area contributed by atoms with Crippen LogP contribution >= 0.6 is 11.3 Å². The minimum Gasteiger partial charge on any atom is -0.467 e. The number of aryl methyl sites for hydroxylation is 1. The van der Waals surface area contributed by atoms with Gasteiger partial charge in [-0.1, -0.05) is 30.3 Å². The number of carbonyl (C=O) groups excluding carboxylic acids is 1. The maximum Gasteiger partial charge on any atom is 0.332 e. The van der Waals surface area contributed by atoms with Crippen molar-refractivity contribution in [3.8, 4) is 0 Å². The van der Waals surface area contributed by atoms with Crippen molar-refractivity contribution in [2.24, 2.45) is 0 Å². The quantitative estimate of drug-likeness (QED) is 0.444. The van der Waals surface area contributed by atoms with Gasteiger partial charge in [0.1, 0.15) is 17.0 Å². The number of anilines is 1. The van der Waals surface area contributed by atoms with E-state index in [-0.39, 0.29) is 19.0 Å². The van der Waals surface area contributed by atoms with E-state index < -0.39 is 11.2 Å². The van der Waals surface area contributed by atoms with Crippen molar-refractivity contribution in [3.63, 3.8) is 0 Å². The number of hydrogen-bond acceptors (Lipinski definition) is 5. The van der Waals surface area contributed by atoms with Gasteiger partial charge in [0.05, 0.1) is 18.3 Å². The third-order valence-electron chi connectivity index (χ3n) is 5.24. The highest BCUT2D eigenvalue weighted by atomic mass is 32.1. The summed E-state index contributed by atoms with van der Waals surface area (Å²) in [5.74, 6) is 0.137. The fourth-order valence-electron chi connectivity index (χ4n) is 3.81. The summed E-state index contributed by atoms with van der Waals surface area (Å²) in [5.41, 5.74) is 1.20. The molecule has 32 heavy (non-hydrogen) atoms. The van der Waals surface area contributed by atoms with Crippen LogP contribution in [0.5, 0.6) is 0 Å². The third-order valence-corrected chi connectivity index (χ3v) is 6.39. The van der Waals surface area contributed by atoms with Crippen molar-refractivity contribution in [1.29, 1.82) is 0 Å². The number of thiophene rings is 1. The summed E-state index contributed by atoms with van der Waals surface area (Å²) in [6.07, 6.45) is 1.49. The first-order chi connectivity index (χ1) is 15.5. The molecule has 0 bridgehead atoms.